The second kappa shape index (κ2) is 9.06. The molecule has 0 bridgehead atoms. The van der Waals surface area contributed by atoms with Crippen molar-refractivity contribution in [3.05, 3.63) is 18.2 Å². The van der Waals surface area contributed by atoms with Crippen LogP contribution in [-0.4, -0.2) is 47.1 Å². The van der Waals surface area contributed by atoms with Gasteiger partial charge in [0.15, 0.2) is 5.96 Å². The van der Waals surface area contributed by atoms with Crippen molar-refractivity contribution >= 4 is 29.9 Å². The highest BCUT2D eigenvalue weighted by Crippen LogP contribution is 2.45. The number of unbranched alkanes of at least 4 members (excludes halogenated alkanes) is 1. The average Bonchev–Trinajstić information content (AvgIpc) is 3.28. The summed E-state index contributed by atoms with van der Waals surface area (Å²) >= 11 is 0. The number of nitrogens with one attached hydrogen (secondary N) is 1. The predicted octanol–water partition coefficient (Wildman–Crippen LogP) is 3.43. The van der Waals surface area contributed by atoms with E-state index in [1.165, 1.54) is 51.6 Å². The first-order valence-electron chi connectivity index (χ1n) is 9.16. The summed E-state index contributed by atoms with van der Waals surface area (Å²) in [5, 5.41) is 3.56. The van der Waals surface area contributed by atoms with E-state index < -0.39 is 0 Å². The summed E-state index contributed by atoms with van der Waals surface area (Å²) < 4.78 is 2.22. The topological polar surface area (TPSA) is 45.5 Å². The van der Waals surface area contributed by atoms with Crippen LogP contribution in [0.3, 0.4) is 0 Å². The summed E-state index contributed by atoms with van der Waals surface area (Å²) in [6.07, 6.45) is 13.3. The Kier molecular flexibility index (Phi) is 7.37. The van der Waals surface area contributed by atoms with E-state index in [9.17, 15) is 0 Å². The summed E-state index contributed by atoms with van der Waals surface area (Å²) in [6.45, 7) is 6.50. The minimum absolute atomic E-state index is 0. The van der Waals surface area contributed by atoms with Gasteiger partial charge >= 0.3 is 0 Å². The molecule has 1 N–H and O–H groups in total. The van der Waals surface area contributed by atoms with Gasteiger partial charge in [0, 0.05) is 45.6 Å². The number of aryl methyl sites for hydroxylation is 2. The third-order valence-electron chi connectivity index (χ3n) is 5.65. The number of hydrogen-bond acceptors (Lipinski definition) is 2. The van der Waals surface area contributed by atoms with Gasteiger partial charge in [-0.1, -0.05) is 12.8 Å². The van der Waals surface area contributed by atoms with Gasteiger partial charge in [0.2, 0.25) is 0 Å². The zero-order valence-corrected chi connectivity index (χ0v) is 17.5. The van der Waals surface area contributed by atoms with E-state index in [4.69, 9.17) is 0 Å². The molecule has 1 aliphatic heterocycles. The molecule has 24 heavy (non-hydrogen) atoms. The second-order valence-electron chi connectivity index (χ2n) is 7.23. The maximum atomic E-state index is 4.50. The first-order chi connectivity index (χ1) is 11.2. The highest BCUT2D eigenvalue weighted by molar-refractivity contribution is 14.0. The second-order valence-corrected chi connectivity index (χ2v) is 7.23. The molecule has 3 rings (SSSR count). The number of likely N-dealkylation sites (tertiary alicyclic amines) is 1. The third kappa shape index (κ3) is 4.64. The van der Waals surface area contributed by atoms with E-state index in [1.54, 1.807) is 0 Å². The molecule has 1 spiro atoms. The van der Waals surface area contributed by atoms with Crippen molar-refractivity contribution in [3.63, 3.8) is 0 Å². The van der Waals surface area contributed by atoms with Gasteiger partial charge in [0.05, 0.1) is 0 Å². The van der Waals surface area contributed by atoms with Crippen molar-refractivity contribution in [2.45, 2.75) is 58.4 Å². The van der Waals surface area contributed by atoms with E-state index in [2.05, 4.69) is 37.9 Å². The summed E-state index contributed by atoms with van der Waals surface area (Å²) in [7, 11) is 1.91. The van der Waals surface area contributed by atoms with Crippen molar-refractivity contribution in [1.29, 1.82) is 0 Å². The van der Waals surface area contributed by atoms with Gasteiger partial charge in [-0.15, -0.1) is 24.0 Å². The Hall–Kier alpha value is -0.790. The number of rotatable bonds is 5. The molecule has 1 saturated heterocycles. The molecule has 0 amide bonds. The molecule has 2 aliphatic rings. The molecule has 0 aromatic carbocycles. The van der Waals surface area contributed by atoms with Crippen LogP contribution in [0.5, 0.6) is 0 Å². The SMILES string of the molecule is CN=C(NCCCCn1ccnc1C)N1CCC2(CCCC2)C1.I. The lowest BCUT2D eigenvalue weighted by molar-refractivity contribution is 0.309. The molecule has 1 saturated carbocycles. The fraction of sp³-hybridized carbons (Fsp3) is 0.778. The van der Waals surface area contributed by atoms with Gasteiger partial charge in [-0.05, 0) is 44.4 Å². The molecule has 5 nitrogen and oxygen atoms in total. The zero-order chi connectivity index (χ0) is 16.1. The Labute approximate surface area is 163 Å². The van der Waals surface area contributed by atoms with Gasteiger partial charge in [-0.25, -0.2) is 4.98 Å². The normalized spacial score (nSPS) is 19.8. The van der Waals surface area contributed by atoms with Crippen LogP contribution < -0.4 is 5.32 Å². The van der Waals surface area contributed by atoms with Gasteiger partial charge in [-0.3, -0.25) is 4.99 Å². The number of aromatic nitrogens is 2. The van der Waals surface area contributed by atoms with Gasteiger partial charge in [-0.2, -0.15) is 0 Å². The van der Waals surface area contributed by atoms with E-state index >= 15 is 0 Å². The van der Waals surface area contributed by atoms with E-state index in [1.807, 2.05) is 13.2 Å². The quantitative estimate of drug-likeness (QED) is 0.327. The number of guanidine groups is 1. The first kappa shape index (κ1) is 19.5. The van der Waals surface area contributed by atoms with Crippen molar-refractivity contribution in [3.8, 4) is 0 Å². The molecule has 6 heteroatoms. The van der Waals surface area contributed by atoms with Crippen LogP contribution in [0.15, 0.2) is 17.4 Å². The molecule has 2 heterocycles. The number of aliphatic imine (C=N–C) groups is 1. The largest absolute Gasteiger partial charge is 0.356 e. The maximum Gasteiger partial charge on any atom is 0.193 e. The van der Waals surface area contributed by atoms with E-state index in [0.29, 0.717) is 5.41 Å². The lowest BCUT2D eigenvalue weighted by Crippen LogP contribution is -2.41. The van der Waals surface area contributed by atoms with Crippen LogP contribution in [0.2, 0.25) is 0 Å². The summed E-state index contributed by atoms with van der Waals surface area (Å²) in [6, 6.07) is 0. The minimum Gasteiger partial charge on any atom is -0.356 e. The van der Waals surface area contributed by atoms with Gasteiger partial charge < -0.3 is 14.8 Å². The van der Waals surface area contributed by atoms with Gasteiger partial charge in [0.1, 0.15) is 5.82 Å². The van der Waals surface area contributed by atoms with Crippen molar-refractivity contribution in [1.82, 2.24) is 19.8 Å². The minimum atomic E-state index is 0. The molecule has 0 atom stereocenters. The Balaban J connectivity index is 0.00000208. The van der Waals surface area contributed by atoms with Crippen molar-refractivity contribution in [2.24, 2.45) is 10.4 Å². The van der Waals surface area contributed by atoms with Gasteiger partial charge in [0.25, 0.3) is 0 Å². The van der Waals surface area contributed by atoms with Crippen molar-refractivity contribution < 1.29 is 0 Å². The summed E-state index contributed by atoms with van der Waals surface area (Å²) in [5.74, 6) is 2.21. The molecular weight excluding hydrogens is 413 g/mol. The standard InChI is InChI=1S/C18H31N5.HI/c1-16-20-11-14-22(16)12-6-5-10-21-17(19-2)23-13-9-18(15-23)7-3-4-8-18;/h11,14H,3-10,12-13,15H2,1-2H3,(H,19,21);1H. The number of imidazole rings is 1. The average molecular weight is 445 g/mol. The lowest BCUT2D eigenvalue weighted by atomic mass is 9.86. The van der Waals surface area contributed by atoms with Crippen LogP contribution in [-0.2, 0) is 6.54 Å². The first-order valence-corrected chi connectivity index (χ1v) is 9.16. The molecule has 1 aromatic heterocycles. The monoisotopic (exact) mass is 445 g/mol. The Morgan fingerprint density at radius 2 is 2.08 bits per heavy atom. The molecule has 0 unspecified atom stereocenters. The molecular formula is C18H32IN5. The van der Waals surface area contributed by atoms with Crippen LogP contribution in [0, 0.1) is 12.3 Å². The highest BCUT2D eigenvalue weighted by atomic mass is 127. The fourth-order valence-corrected chi connectivity index (χ4v) is 4.23. The smallest absolute Gasteiger partial charge is 0.193 e. The molecule has 0 radical (unpaired) electrons. The van der Waals surface area contributed by atoms with Crippen LogP contribution in [0.4, 0.5) is 0 Å². The predicted molar refractivity (Wildman–Crippen MR) is 110 cm³/mol. The van der Waals surface area contributed by atoms with E-state index in [0.717, 1.165) is 31.3 Å². The number of hydrogen-bond donors (Lipinski definition) is 1. The van der Waals surface area contributed by atoms with Crippen LogP contribution in [0.1, 0.15) is 50.8 Å². The molecule has 136 valence electrons. The molecule has 2 fully saturated rings. The third-order valence-corrected chi connectivity index (χ3v) is 5.65. The Morgan fingerprint density at radius 3 is 2.75 bits per heavy atom. The summed E-state index contributed by atoms with van der Waals surface area (Å²) in [5.41, 5.74) is 0.608. The molecule has 1 aliphatic carbocycles. The van der Waals surface area contributed by atoms with Crippen molar-refractivity contribution in [2.75, 3.05) is 26.7 Å². The Morgan fingerprint density at radius 1 is 1.29 bits per heavy atom. The zero-order valence-electron chi connectivity index (χ0n) is 15.1. The summed E-state index contributed by atoms with van der Waals surface area (Å²) in [4.78, 5) is 11.2. The fourth-order valence-electron chi connectivity index (χ4n) is 4.23. The molecule has 1 aromatic rings. The maximum absolute atomic E-state index is 4.50. The number of nitrogens with zero attached hydrogens (tertiary/aromatic N) is 4. The Bertz CT molecular complexity index is 533. The lowest BCUT2D eigenvalue weighted by Gasteiger charge is -2.26. The highest BCUT2D eigenvalue weighted by Gasteiger charge is 2.40. The number of halogens is 1. The van der Waals surface area contributed by atoms with E-state index in [-0.39, 0.29) is 24.0 Å². The van der Waals surface area contributed by atoms with Crippen LogP contribution >= 0.6 is 24.0 Å². The van der Waals surface area contributed by atoms with Crippen LogP contribution in [0.25, 0.3) is 0 Å².